The molecule has 4 amide bonds. The Labute approximate surface area is 216 Å². The van der Waals surface area contributed by atoms with Crippen LogP contribution in [0.5, 0.6) is 0 Å². The van der Waals surface area contributed by atoms with E-state index in [1.807, 2.05) is 0 Å². The maximum absolute atomic E-state index is 13.0. The zero-order valence-corrected chi connectivity index (χ0v) is 21.6. The predicted octanol–water partition coefficient (Wildman–Crippen LogP) is -3.04. The molecule has 0 aromatic carbocycles. The molecule has 0 aromatic rings. The second-order valence-electron chi connectivity index (χ2n) is 8.84. The first kappa shape index (κ1) is 33.5. The van der Waals surface area contributed by atoms with Crippen LogP contribution in [-0.4, -0.2) is 77.9 Å². The Balaban J connectivity index is 5.49. The highest BCUT2D eigenvalue weighted by atomic mass is 16.4. The lowest BCUT2D eigenvalue weighted by molar-refractivity contribution is -0.144. The highest BCUT2D eigenvalue weighted by Crippen LogP contribution is 2.10. The lowest BCUT2D eigenvalue weighted by Gasteiger charge is -2.26. The van der Waals surface area contributed by atoms with Gasteiger partial charge in [-0.25, -0.2) is 4.79 Å². The van der Waals surface area contributed by atoms with Crippen LogP contribution in [-0.2, 0) is 24.0 Å². The maximum atomic E-state index is 13.0. The van der Waals surface area contributed by atoms with Crippen molar-refractivity contribution in [1.29, 1.82) is 0 Å². The fraction of sp³-hybridized carbons (Fsp3) is 0.727. The van der Waals surface area contributed by atoms with Gasteiger partial charge in [0, 0.05) is 6.54 Å². The number of rotatable bonds is 19. The van der Waals surface area contributed by atoms with Crippen molar-refractivity contribution < 1.29 is 29.1 Å². The van der Waals surface area contributed by atoms with E-state index in [1.54, 1.807) is 13.8 Å². The van der Waals surface area contributed by atoms with Crippen LogP contribution in [0.25, 0.3) is 0 Å². The van der Waals surface area contributed by atoms with E-state index >= 15 is 0 Å². The predicted molar refractivity (Wildman–Crippen MR) is 137 cm³/mol. The Morgan fingerprint density at radius 3 is 1.97 bits per heavy atom. The molecular formula is C22H43N9O6. The molecular weight excluding hydrogens is 486 g/mol. The molecule has 0 fully saturated rings. The molecule has 15 nitrogen and oxygen atoms in total. The van der Waals surface area contributed by atoms with Crippen LogP contribution in [0.15, 0.2) is 4.99 Å². The molecule has 212 valence electrons. The van der Waals surface area contributed by atoms with Gasteiger partial charge in [-0.05, 0) is 44.6 Å². The Kier molecular flexibility index (Phi) is 16.2. The van der Waals surface area contributed by atoms with Gasteiger partial charge in [0.05, 0.1) is 12.5 Å². The number of guanidine groups is 1. The van der Waals surface area contributed by atoms with Crippen molar-refractivity contribution in [3.8, 4) is 0 Å². The standard InChI is InChI=1S/C22H43N9O6/c1-3-12(2)17(21(36)37)31-19(34)14(8-4-5-9-23)29-20(35)15(11-16(25)32)30-18(33)13(24)7-6-10-28-22(26)27/h12-15,17H,3-11,23-24H2,1-2H3,(H2,25,32)(H,29,35)(H,30,33)(H,31,34)(H,36,37)(H4,26,27,28). The maximum Gasteiger partial charge on any atom is 0.326 e. The summed E-state index contributed by atoms with van der Waals surface area (Å²) < 4.78 is 0. The monoisotopic (exact) mass is 529 g/mol. The number of carboxylic acids is 1. The Bertz CT molecular complexity index is 804. The van der Waals surface area contributed by atoms with Gasteiger partial charge < -0.3 is 49.7 Å². The molecule has 0 radical (unpaired) electrons. The van der Waals surface area contributed by atoms with E-state index < -0.39 is 60.2 Å². The van der Waals surface area contributed by atoms with Crippen molar-refractivity contribution in [3.05, 3.63) is 0 Å². The lowest BCUT2D eigenvalue weighted by Crippen LogP contribution is -2.58. The van der Waals surface area contributed by atoms with Gasteiger partial charge in [0.1, 0.15) is 18.1 Å². The molecule has 5 unspecified atom stereocenters. The van der Waals surface area contributed by atoms with E-state index in [4.69, 9.17) is 28.7 Å². The molecule has 5 atom stereocenters. The number of primary amides is 1. The van der Waals surface area contributed by atoms with Gasteiger partial charge in [0.25, 0.3) is 0 Å². The minimum Gasteiger partial charge on any atom is -0.480 e. The molecule has 0 aromatic heterocycles. The molecule has 0 rings (SSSR count). The van der Waals surface area contributed by atoms with E-state index in [9.17, 15) is 29.1 Å². The molecule has 0 saturated carbocycles. The summed E-state index contributed by atoms with van der Waals surface area (Å²) >= 11 is 0. The van der Waals surface area contributed by atoms with Crippen LogP contribution < -0.4 is 44.6 Å². The molecule has 37 heavy (non-hydrogen) atoms. The van der Waals surface area contributed by atoms with Gasteiger partial charge in [-0.1, -0.05) is 20.3 Å². The van der Waals surface area contributed by atoms with Crippen molar-refractivity contribution in [2.24, 2.45) is 39.6 Å². The van der Waals surface area contributed by atoms with Crippen LogP contribution in [0.1, 0.15) is 58.8 Å². The normalized spacial score (nSPS) is 14.8. The SMILES string of the molecule is CCC(C)C(NC(=O)C(CCCCN)NC(=O)C(CC(N)=O)NC(=O)C(N)CCCN=C(N)N)C(=O)O. The Hall–Kier alpha value is -3.46. The van der Waals surface area contributed by atoms with Crippen LogP contribution in [0.4, 0.5) is 0 Å². The van der Waals surface area contributed by atoms with Gasteiger partial charge >= 0.3 is 5.97 Å². The third-order valence-corrected chi connectivity index (χ3v) is 5.70. The largest absolute Gasteiger partial charge is 0.480 e. The number of amides is 4. The van der Waals surface area contributed by atoms with E-state index in [-0.39, 0.29) is 31.3 Å². The number of nitrogens with two attached hydrogens (primary N) is 5. The molecule has 0 aliphatic heterocycles. The van der Waals surface area contributed by atoms with E-state index in [0.29, 0.717) is 32.2 Å². The summed E-state index contributed by atoms with van der Waals surface area (Å²) in [5, 5.41) is 16.8. The first-order valence-corrected chi connectivity index (χ1v) is 12.3. The topological polar surface area (TPSA) is 284 Å². The quantitative estimate of drug-likeness (QED) is 0.0463. The number of carboxylic acid groups (broad SMARTS) is 1. The fourth-order valence-electron chi connectivity index (χ4n) is 3.31. The second-order valence-corrected chi connectivity index (χ2v) is 8.84. The van der Waals surface area contributed by atoms with Gasteiger partial charge in [-0.3, -0.25) is 24.2 Å². The van der Waals surface area contributed by atoms with E-state index in [0.717, 1.165) is 0 Å². The van der Waals surface area contributed by atoms with Crippen molar-refractivity contribution in [3.63, 3.8) is 0 Å². The molecule has 0 aliphatic rings. The molecule has 0 aliphatic carbocycles. The number of nitrogens with zero attached hydrogens (tertiary/aromatic N) is 1. The molecule has 14 N–H and O–H groups in total. The molecule has 0 saturated heterocycles. The van der Waals surface area contributed by atoms with Crippen LogP contribution in [0.3, 0.4) is 0 Å². The summed E-state index contributed by atoms with van der Waals surface area (Å²) in [6.07, 6.45) is 1.73. The third kappa shape index (κ3) is 14.0. The summed E-state index contributed by atoms with van der Waals surface area (Å²) in [7, 11) is 0. The molecule has 0 heterocycles. The zero-order chi connectivity index (χ0) is 28.5. The van der Waals surface area contributed by atoms with Gasteiger partial charge in [0.15, 0.2) is 5.96 Å². The first-order valence-electron chi connectivity index (χ1n) is 12.3. The highest BCUT2D eigenvalue weighted by Gasteiger charge is 2.32. The number of hydrogen-bond acceptors (Lipinski definition) is 8. The van der Waals surface area contributed by atoms with Crippen molar-refractivity contribution in [2.45, 2.75) is 83.0 Å². The van der Waals surface area contributed by atoms with Gasteiger partial charge in [-0.15, -0.1) is 0 Å². The van der Waals surface area contributed by atoms with E-state index in [2.05, 4.69) is 20.9 Å². The number of carbonyl (C=O) groups is 5. The number of aliphatic imine (C=N–C) groups is 1. The Morgan fingerprint density at radius 1 is 0.865 bits per heavy atom. The number of nitrogens with one attached hydrogen (secondary N) is 3. The fourth-order valence-corrected chi connectivity index (χ4v) is 3.31. The summed E-state index contributed by atoms with van der Waals surface area (Å²) in [5.41, 5.74) is 27.1. The van der Waals surface area contributed by atoms with E-state index in [1.165, 1.54) is 0 Å². The minimum atomic E-state index is -1.40. The average Bonchev–Trinajstić information content (AvgIpc) is 2.82. The highest BCUT2D eigenvalue weighted by molar-refractivity contribution is 5.96. The van der Waals surface area contributed by atoms with Crippen molar-refractivity contribution in [1.82, 2.24) is 16.0 Å². The summed E-state index contributed by atoms with van der Waals surface area (Å²) in [6, 6.07) is -4.72. The van der Waals surface area contributed by atoms with Gasteiger partial charge in [-0.2, -0.15) is 0 Å². The van der Waals surface area contributed by atoms with Crippen LogP contribution in [0, 0.1) is 5.92 Å². The van der Waals surface area contributed by atoms with Crippen molar-refractivity contribution >= 4 is 35.6 Å². The number of unbranched alkanes of at least 4 members (excludes halogenated alkanes) is 1. The smallest absolute Gasteiger partial charge is 0.326 e. The molecule has 0 bridgehead atoms. The Morgan fingerprint density at radius 2 is 1.46 bits per heavy atom. The van der Waals surface area contributed by atoms with Crippen molar-refractivity contribution in [2.75, 3.05) is 13.1 Å². The number of aliphatic carboxylic acids is 1. The second kappa shape index (κ2) is 17.9. The molecule has 15 heteroatoms. The average molecular weight is 530 g/mol. The van der Waals surface area contributed by atoms with Gasteiger partial charge in [0.2, 0.25) is 23.6 Å². The molecule has 0 spiro atoms. The summed E-state index contributed by atoms with van der Waals surface area (Å²) in [5.74, 6) is -4.80. The zero-order valence-electron chi connectivity index (χ0n) is 21.6. The lowest BCUT2D eigenvalue weighted by atomic mass is 9.98. The number of hydrogen-bond donors (Lipinski definition) is 9. The minimum absolute atomic E-state index is 0.0971. The first-order chi connectivity index (χ1) is 17.3. The number of carbonyl (C=O) groups excluding carboxylic acids is 4. The summed E-state index contributed by atoms with van der Waals surface area (Å²) in [6.45, 7) is 4.08. The third-order valence-electron chi connectivity index (χ3n) is 5.70. The van der Waals surface area contributed by atoms with Crippen LogP contribution >= 0.6 is 0 Å². The summed E-state index contributed by atoms with van der Waals surface area (Å²) in [4.78, 5) is 65.4. The van der Waals surface area contributed by atoms with Crippen LogP contribution in [0.2, 0.25) is 0 Å².